The Morgan fingerprint density at radius 1 is 1.35 bits per heavy atom. The quantitative estimate of drug-likeness (QED) is 0.622. The van der Waals surface area contributed by atoms with Gasteiger partial charge < -0.3 is 10.6 Å². The first kappa shape index (κ1) is 11.4. The third-order valence-corrected chi connectivity index (χ3v) is 2.79. The zero-order valence-corrected chi connectivity index (χ0v) is 9.18. The monoisotopic (exact) mass is 235 g/mol. The maximum atomic E-state index is 11.5. The molecule has 0 heterocycles. The van der Waals surface area contributed by atoms with E-state index in [1.807, 2.05) is 0 Å². The van der Waals surface area contributed by atoms with Crippen molar-refractivity contribution in [3.63, 3.8) is 0 Å². The highest BCUT2D eigenvalue weighted by Gasteiger charge is 2.21. The minimum atomic E-state index is -0.515. The van der Waals surface area contributed by atoms with Gasteiger partial charge in [0.1, 0.15) is 5.69 Å². The molecule has 0 unspecified atom stereocenters. The Morgan fingerprint density at radius 2 is 2.06 bits per heavy atom. The average Bonchev–Trinajstić information content (AvgIpc) is 2.24. The molecule has 6 nitrogen and oxygen atoms in total. The minimum Gasteiger partial charge on any atom is -0.335 e. The number of para-hydroxylation sites is 2. The van der Waals surface area contributed by atoms with Gasteiger partial charge in [-0.1, -0.05) is 12.1 Å². The number of carbonyl (C=O) groups excluding carboxylic acids is 1. The van der Waals surface area contributed by atoms with Gasteiger partial charge in [0.05, 0.1) is 4.92 Å². The normalized spacial score (nSPS) is 14.8. The maximum Gasteiger partial charge on any atom is 0.319 e. The maximum absolute atomic E-state index is 11.5. The van der Waals surface area contributed by atoms with Gasteiger partial charge in [-0.3, -0.25) is 10.1 Å². The van der Waals surface area contributed by atoms with Crippen LogP contribution < -0.4 is 10.6 Å². The molecule has 1 saturated carbocycles. The van der Waals surface area contributed by atoms with Gasteiger partial charge in [0.25, 0.3) is 5.69 Å². The molecule has 0 aromatic heterocycles. The number of hydrogen-bond donors (Lipinski definition) is 2. The number of nitro groups is 1. The van der Waals surface area contributed by atoms with Gasteiger partial charge in [-0.15, -0.1) is 0 Å². The van der Waals surface area contributed by atoms with Crippen molar-refractivity contribution in [1.82, 2.24) is 5.32 Å². The van der Waals surface area contributed by atoms with Crippen LogP contribution in [0.15, 0.2) is 24.3 Å². The molecule has 17 heavy (non-hydrogen) atoms. The van der Waals surface area contributed by atoms with E-state index in [-0.39, 0.29) is 23.4 Å². The number of hydrogen-bond acceptors (Lipinski definition) is 3. The molecule has 1 aromatic carbocycles. The minimum absolute atomic E-state index is 0.101. The molecule has 1 aliphatic carbocycles. The molecular formula is C11H13N3O3. The van der Waals surface area contributed by atoms with Crippen LogP contribution in [0.25, 0.3) is 0 Å². The van der Waals surface area contributed by atoms with Crippen molar-refractivity contribution in [3.8, 4) is 0 Å². The van der Waals surface area contributed by atoms with Gasteiger partial charge in [-0.05, 0) is 25.3 Å². The number of urea groups is 1. The molecule has 0 radical (unpaired) electrons. The third-order valence-electron chi connectivity index (χ3n) is 2.79. The summed E-state index contributed by atoms with van der Waals surface area (Å²) in [6.07, 6.45) is 3.07. The molecule has 90 valence electrons. The smallest absolute Gasteiger partial charge is 0.319 e. The Hall–Kier alpha value is -2.11. The van der Waals surface area contributed by atoms with E-state index < -0.39 is 4.92 Å². The summed E-state index contributed by atoms with van der Waals surface area (Å²) in [6.45, 7) is 0. The largest absolute Gasteiger partial charge is 0.335 e. The SMILES string of the molecule is O=C(Nc1ccccc1[N+](=O)[O-])NC1CCC1. The van der Waals surface area contributed by atoms with Crippen LogP contribution in [0.4, 0.5) is 16.2 Å². The second-order valence-electron chi connectivity index (χ2n) is 4.00. The lowest BCUT2D eigenvalue weighted by Crippen LogP contribution is -2.41. The fraction of sp³-hybridized carbons (Fsp3) is 0.364. The number of nitrogens with one attached hydrogen (secondary N) is 2. The van der Waals surface area contributed by atoms with Crippen molar-refractivity contribution in [2.75, 3.05) is 5.32 Å². The topological polar surface area (TPSA) is 84.3 Å². The van der Waals surface area contributed by atoms with Gasteiger partial charge in [0.2, 0.25) is 0 Å². The number of rotatable bonds is 3. The summed E-state index contributed by atoms with van der Waals surface area (Å²) >= 11 is 0. The van der Waals surface area contributed by atoms with Crippen molar-refractivity contribution in [1.29, 1.82) is 0 Å². The van der Waals surface area contributed by atoms with Crippen LogP contribution in [0.5, 0.6) is 0 Å². The van der Waals surface area contributed by atoms with Crippen LogP contribution in [-0.4, -0.2) is 17.0 Å². The Labute approximate surface area is 98.2 Å². The zero-order valence-electron chi connectivity index (χ0n) is 9.18. The molecular weight excluding hydrogens is 222 g/mol. The van der Waals surface area contributed by atoms with Crippen LogP contribution in [0.2, 0.25) is 0 Å². The van der Waals surface area contributed by atoms with E-state index in [0.29, 0.717) is 0 Å². The van der Waals surface area contributed by atoms with Gasteiger partial charge in [-0.25, -0.2) is 4.79 Å². The van der Waals surface area contributed by atoms with Crippen LogP contribution in [0, 0.1) is 10.1 Å². The van der Waals surface area contributed by atoms with Gasteiger partial charge in [-0.2, -0.15) is 0 Å². The lowest BCUT2D eigenvalue weighted by Gasteiger charge is -2.26. The average molecular weight is 235 g/mol. The summed E-state index contributed by atoms with van der Waals surface area (Å²) < 4.78 is 0. The van der Waals surface area contributed by atoms with E-state index in [9.17, 15) is 14.9 Å². The molecule has 2 N–H and O–H groups in total. The second kappa shape index (κ2) is 4.82. The number of amides is 2. The van der Waals surface area contributed by atoms with Gasteiger partial charge in [0.15, 0.2) is 0 Å². The highest BCUT2D eigenvalue weighted by Crippen LogP contribution is 2.23. The Kier molecular flexibility index (Phi) is 3.22. The van der Waals surface area contributed by atoms with Crippen molar-refractivity contribution in [2.24, 2.45) is 0 Å². The molecule has 1 aliphatic rings. The van der Waals surface area contributed by atoms with E-state index >= 15 is 0 Å². The van der Waals surface area contributed by atoms with Crippen LogP contribution in [-0.2, 0) is 0 Å². The number of carbonyl (C=O) groups is 1. The van der Waals surface area contributed by atoms with Crippen molar-refractivity contribution < 1.29 is 9.72 Å². The van der Waals surface area contributed by atoms with Crippen LogP contribution >= 0.6 is 0 Å². The molecule has 2 amide bonds. The zero-order chi connectivity index (χ0) is 12.3. The van der Waals surface area contributed by atoms with E-state index in [0.717, 1.165) is 19.3 Å². The summed E-state index contributed by atoms with van der Waals surface area (Å²) in [5.41, 5.74) is 0.116. The summed E-state index contributed by atoms with van der Waals surface area (Å²) in [7, 11) is 0. The summed E-state index contributed by atoms with van der Waals surface area (Å²) in [6, 6.07) is 5.90. The first-order chi connectivity index (χ1) is 8.16. The van der Waals surface area contributed by atoms with E-state index in [4.69, 9.17) is 0 Å². The van der Waals surface area contributed by atoms with E-state index in [2.05, 4.69) is 10.6 Å². The lowest BCUT2D eigenvalue weighted by molar-refractivity contribution is -0.383. The Bertz CT molecular complexity index is 443. The molecule has 0 spiro atoms. The summed E-state index contributed by atoms with van der Waals surface area (Å²) in [4.78, 5) is 21.8. The molecule has 0 atom stereocenters. The number of nitrogens with zero attached hydrogens (tertiary/aromatic N) is 1. The predicted molar refractivity (Wildman–Crippen MR) is 62.9 cm³/mol. The third kappa shape index (κ3) is 2.72. The second-order valence-corrected chi connectivity index (χ2v) is 4.00. The number of nitro benzene ring substituents is 1. The van der Waals surface area contributed by atoms with Gasteiger partial charge in [0, 0.05) is 12.1 Å². The molecule has 1 aromatic rings. The summed E-state index contributed by atoms with van der Waals surface area (Å²) in [5.74, 6) is 0. The number of benzene rings is 1. The molecule has 0 saturated heterocycles. The molecule has 1 fully saturated rings. The summed E-state index contributed by atoms with van der Waals surface area (Å²) in [5, 5.41) is 16.0. The van der Waals surface area contributed by atoms with Crippen molar-refractivity contribution in [3.05, 3.63) is 34.4 Å². The lowest BCUT2D eigenvalue weighted by atomic mass is 9.93. The highest BCUT2D eigenvalue weighted by molar-refractivity contribution is 5.91. The molecule has 2 rings (SSSR count). The van der Waals surface area contributed by atoms with Crippen LogP contribution in [0.3, 0.4) is 0 Å². The first-order valence-electron chi connectivity index (χ1n) is 5.48. The van der Waals surface area contributed by atoms with Crippen molar-refractivity contribution in [2.45, 2.75) is 25.3 Å². The van der Waals surface area contributed by atoms with E-state index in [1.165, 1.54) is 12.1 Å². The fourth-order valence-corrected chi connectivity index (χ4v) is 1.63. The predicted octanol–water partition coefficient (Wildman–Crippen LogP) is 2.27. The fourth-order valence-electron chi connectivity index (χ4n) is 1.63. The van der Waals surface area contributed by atoms with Crippen molar-refractivity contribution >= 4 is 17.4 Å². The number of anilines is 1. The Morgan fingerprint density at radius 3 is 2.65 bits per heavy atom. The van der Waals surface area contributed by atoms with Gasteiger partial charge >= 0.3 is 6.03 Å². The highest BCUT2D eigenvalue weighted by atomic mass is 16.6. The standard InChI is InChI=1S/C11H13N3O3/c15-11(12-8-4-3-5-8)13-9-6-1-2-7-10(9)14(16)17/h1-2,6-8H,3-5H2,(H2,12,13,15). The Balaban J connectivity index is 2.01. The molecule has 6 heteroatoms. The van der Waals surface area contributed by atoms with E-state index in [1.54, 1.807) is 12.1 Å². The van der Waals surface area contributed by atoms with Crippen LogP contribution in [0.1, 0.15) is 19.3 Å². The molecule has 0 bridgehead atoms. The molecule has 0 aliphatic heterocycles. The first-order valence-corrected chi connectivity index (χ1v) is 5.48.